The van der Waals surface area contributed by atoms with Crippen LogP contribution in [0.4, 0.5) is 10.6 Å². The van der Waals surface area contributed by atoms with E-state index in [1.54, 1.807) is 11.8 Å². The Morgan fingerprint density at radius 1 is 1.20 bits per heavy atom. The number of piperazine rings is 1. The molecule has 4 aliphatic heterocycles. The summed E-state index contributed by atoms with van der Waals surface area (Å²) in [6.07, 6.45) is 2.00. The van der Waals surface area contributed by atoms with Crippen molar-refractivity contribution in [1.29, 1.82) is 0 Å². The van der Waals surface area contributed by atoms with Gasteiger partial charge in [-0.1, -0.05) is 11.6 Å². The van der Waals surface area contributed by atoms with Gasteiger partial charge in [0.25, 0.3) is 0 Å². The average molecular weight is 604 g/mol. The maximum absolute atomic E-state index is 13.9. The van der Waals surface area contributed by atoms with Crippen LogP contribution in [0.5, 0.6) is 0 Å². The second kappa shape index (κ2) is 10.6. The van der Waals surface area contributed by atoms with Crippen LogP contribution in [0.3, 0.4) is 0 Å². The lowest BCUT2D eigenvalue weighted by atomic mass is 9.77. The van der Waals surface area contributed by atoms with E-state index in [1.165, 1.54) is 0 Å². The predicted octanol–water partition coefficient (Wildman–Crippen LogP) is 4.95. The van der Waals surface area contributed by atoms with E-state index < -0.39 is 5.60 Å². The smallest absolute Gasteiger partial charge is 0.410 e. The van der Waals surface area contributed by atoms with Crippen molar-refractivity contribution in [2.45, 2.75) is 83.0 Å². The van der Waals surface area contributed by atoms with Gasteiger partial charge in [-0.15, -0.1) is 11.8 Å². The molecule has 0 aliphatic carbocycles. The van der Waals surface area contributed by atoms with Gasteiger partial charge in [-0.25, -0.2) is 9.59 Å². The highest BCUT2D eigenvalue weighted by molar-refractivity contribution is 7.99. The zero-order valence-corrected chi connectivity index (χ0v) is 26.6. The number of nitrogens with zero attached hydrogens (tertiary/aromatic N) is 5. The normalized spacial score (nSPS) is 26.4. The number of aromatic nitrogens is 2. The molecule has 0 radical (unpaired) electrons. The fourth-order valence-electron chi connectivity index (χ4n) is 6.92. The van der Waals surface area contributed by atoms with Gasteiger partial charge >= 0.3 is 11.8 Å². The summed E-state index contributed by atoms with van der Waals surface area (Å²) in [6, 6.07) is 1.88. The Morgan fingerprint density at radius 3 is 2.44 bits per heavy atom. The van der Waals surface area contributed by atoms with E-state index in [9.17, 15) is 9.59 Å². The molecular formula is C30H42ClN5O4S. The fourth-order valence-corrected chi connectivity index (χ4v) is 8.48. The molecule has 6 rings (SSSR count). The Morgan fingerprint density at radius 2 is 1.85 bits per heavy atom. The zero-order chi connectivity index (χ0) is 29.3. The first-order valence-electron chi connectivity index (χ1n) is 14.8. The Bertz CT molecular complexity index is 1400. The molecule has 3 atom stereocenters. The Labute approximate surface area is 251 Å². The first-order valence-corrected chi connectivity index (χ1v) is 16.2. The highest BCUT2D eigenvalue weighted by Gasteiger charge is 2.42. The van der Waals surface area contributed by atoms with Gasteiger partial charge < -0.3 is 19.3 Å². The number of anilines is 1. The molecule has 3 saturated heterocycles. The third kappa shape index (κ3) is 5.34. The maximum atomic E-state index is 13.9. The lowest BCUT2D eigenvalue weighted by molar-refractivity contribution is -0.140. The van der Waals surface area contributed by atoms with Crippen LogP contribution in [0, 0.1) is 12.3 Å². The van der Waals surface area contributed by atoms with Crippen LogP contribution in [0.15, 0.2) is 15.8 Å². The molecule has 3 fully saturated rings. The lowest BCUT2D eigenvalue weighted by Gasteiger charge is -2.48. The van der Waals surface area contributed by atoms with Crippen LogP contribution in [-0.2, 0) is 9.47 Å². The number of benzene rings is 1. The largest absolute Gasteiger partial charge is 0.444 e. The number of halogens is 1. The molecular weight excluding hydrogens is 562 g/mol. The number of hydrogen-bond donors (Lipinski definition) is 0. The van der Waals surface area contributed by atoms with Crippen molar-refractivity contribution in [3.63, 3.8) is 0 Å². The summed E-state index contributed by atoms with van der Waals surface area (Å²) in [5.41, 5.74) is 1.46. The van der Waals surface area contributed by atoms with Crippen LogP contribution in [0.1, 0.15) is 59.1 Å². The molecule has 0 bridgehead atoms. The first-order chi connectivity index (χ1) is 19.4. The number of hydrogen-bond acceptors (Lipinski definition) is 8. The molecule has 4 aliphatic rings. The molecule has 1 spiro atoms. The third-order valence-corrected chi connectivity index (χ3v) is 10.9. The Balaban J connectivity index is 1.32. The lowest BCUT2D eigenvalue weighted by Crippen LogP contribution is -2.60. The predicted molar refractivity (Wildman–Crippen MR) is 164 cm³/mol. The molecule has 9 nitrogen and oxygen atoms in total. The summed E-state index contributed by atoms with van der Waals surface area (Å²) in [6.45, 7) is 17.5. The molecule has 1 aromatic heterocycles. The molecule has 0 saturated carbocycles. The van der Waals surface area contributed by atoms with Crippen LogP contribution >= 0.6 is 23.4 Å². The minimum absolute atomic E-state index is 0.0244. The molecule has 11 heteroatoms. The number of likely N-dealkylation sites (tertiary alicyclic amines) is 1. The van der Waals surface area contributed by atoms with Crippen LogP contribution in [0.25, 0.3) is 10.9 Å². The summed E-state index contributed by atoms with van der Waals surface area (Å²) >= 11 is 8.62. The first kappa shape index (κ1) is 29.1. The number of carbonyl (C=O) groups is 1. The maximum Gasteiger partial charge on any atom is 0.410 e. The molecule has 5 heterocycles. The van der Waals surface area contributed by atoms with Crippen molar-refractivity contribution in [3.05, 3.63) is 27.1 Å². The number of piperidine rings is 1. The summed E-state index contributed by atoms with van der Waals surface area (Å²) in [7, 11) is 0. The molecule has 1 aromatic carbocycles. The van der Waals surface area contributed by atoms with Crippen LogP contribution in [0.2, 0.25) is 5.02 Å². The molecule has 2 aromatic rings. The molecule has 41 heavy (non-hydrogen) atoms. The minimum Gasteiger partial charge on any atom is -0.444 e. The van der Waals surface area contributed by atoms with Gasteiger partial charge in [0.2, 0.25) is 0 Å². The molecule has 0 N–H and O–H groups in total. The van der Waals surface area contributed by atoms with Gasteiger partial charge in [0.05, 0.1) is 46.8 Å². The van der Waals surface area contributed by atoms with E-state index in [0.717, 1.165) is 72.8 Å². The number of aryl methyl sites for hydroxylation is 1. The second-order valence-electron chi connectivity index (χ2n) is 13.6. The van der Waals surface area contributed by atoms with Crippen molar-refractivity contribution >= 4 is 46.2 Å². The van der Waals surface area contributed by atoms with Crippen molar-refractivity contribution in [2.75, 3.05) is 56.6 Å². The van der Waals surface area contributed by atoms with Gasteiger partial charge in [0.15, 0.2) is 0 Å². The van der Waals surface area contributed by atoms with Crippen molar-refractivity contribution in [1.82, 2.24) is 19.4 Å². The van der Waals surface area contributed by atoms with Gasteiger partial charge in [-0.05, 0) is 79.1 Å². The quantitative estimate of drug-likeness (QED) is 0.488. The second-order valence-corrected chi connectivity index (χ2v) is 15.0. The fraction of sp³-hybridized carbons (Fsp3) is 0.700. The van der Waals surface area contributed by atoms with Crippen molar-refractivity contribution in [3.8, 4) is 0 Å². The topological polar surface area (TPSA) is 80.1 Å². The SMILES string of the molecule is Cc1cc2c(N3CC(C)N(C(=O)OC(C)(C)C)[C@H](C)C3)nc(=O)n3c2c(c1Cl)SC[C@@H]3CN1CCC2(CC1)COC2. The van der Waals surface area contributed by atoms with Crippen LogP contribution in [-0.4, -0.2) is 94.8 Å². The third-order valence-electron chi connectivity index (χ3n) is 9.08. The van der Waals surface area contributed by atoms with Crippen LogP contribution < -0.4 is 10.6 Å². The van der Waals surface area contributed by atoms with E-state index in [1.807, 2.05) is 51.0 Å². The molecule has 1 amide bonds. The summed E-state index contributed by atoms with van der Waals surface area (Å²) in [5, 5.41) is 1.67. The van der Waals surface area contributed by atoms with E-state index >= 15 is 0 Å². The van der Waals surface area contributed by atoms with Gasteiger partial charge in [0.1, 0.15) is 11.4 Å². The minimum atomic E-state index is -0.563. The summed E-state index contributed by atoms with van der Waals surface area (Å²) in [5.74, 6) is 1.47. The van der Waals surface area contributed by atoms with E-state index in [-0.39, 0.29) is 29.9 Å². The highest BCUT2D eigenvalue weighted by atomic mass is 35.5. The molecule has 1 unspecified atom stereocenters. The standard InChI is InChI=1S/C30H42ClN5O4S/c1-18-11-22-24-25(23(18)31)41-15-21(14-33-9-7-30(8-10-33)16-39-17-30)36(24)27(37)32-26(22)34-12-19(2)35(20(3)13-34)28(38)40-29(4,5)6/h11,19-21H,7-10,12-17H2,1-6H3/t19-,20?,21+/m1/s1. The number of rotatable bonds is 3. The van der Waals surface area contributed by atoms with Gasteiger partial charge in [-0.2, -0.15) is 4.98 Å². The zero-order valence-electron chi connectivity index (χ0n) is 25.0. The summed E-state index contributed by atoms with van der Waals surface area (Å²) < 4.78 is 13.1. The van der Waals surface area contributed by atoms with Gasteiger partial charge in [0, 0.05) is 36.2 Å². The molecule has 224 valence electrons. The number of ether oxygens (including phenoxy) is 2. The Hall–Kier alpha value is -2.01. The number of carbonyl (C=O) groups excluding carboxylic acids is 1. The highest BCUT2D eigenvalue weighted by Crippen LogP contribution is 2.45. The average Bonchev–Trinajstić information content (AvgIpc) is 2.87. The van der Waals surface area contributed by atoms with E-state index in [4.69, 9.17) is 26.1 Å². The summed E-state index contributed by atoms with van der Waals surface area (Å²) in [4.78, 5) is 39.1. The number of amides is 1. The van der Waals surface area contributed by atoms with E-state index in [2.05, 4.69) is 15.9 Å². The number of thioether (sulfide) groups is 1. The van der Waals surface area contributed by atoms with E-state index in [0.29, 0.717) is 29.3 Å². The Kier molecular flexibility index (Phi) is 7.53. The van der Waals surface area contributed by atoms with Crippen molar-refractivity contribution < 1.29 is 14.3 Å². The monoisotopic (exact) mass is 603 g/mol. The van der Waals surface area contributed by atoms with Crippen molar-refractivity contribution in [2.24, 2.45) is 5.41 Å². The van der Waals surface area contributed by atoms with Gasteiger partial charge in [-0.3, -0.25) is 9.47 Å².